The summed E-state index contributed by atoms with van der Waals surface area (Å²) in [6, 6.07) is 3.40. The van der Waals surface area contributed by atoms with Gasteiger partial charge in [-0.25, -0.2) is 9.97 Å². The van der Waals surface area contributed by atoms with E-state index in [2.05, 4.69) is 15.0 Å². The maximum Gasteiger partial charge on any atom is 0.254 e. The molecule has 1 saturated heterocycles. The van der Waals surface area contributed by atoms with Crippen molar-refractivity contribution in [2.24, 2.45) is 0 Å². The fourth-order valence-electron chi connectivity index (χ4n) is 2.72. The standard InChI is InChI=1S/C15H18N4O2/c1-21-13-9-11(4-5-16-13)15(20)19-8-2-3-12(10-19)14-17-6-7-18-14/h4-7,9,12H,2-3,8,10H2,1H3,(H,17,18). The Labute approximate surface area is 123 Å². The van der Waals surface area contributed by atoms with E-state index in [4.69, 9.17) is 4.74 Å². The molecule has 1 aliphatic rings. The molecule has 1 atom stereocenters. The summed E-state index contributed by atoms with van der Waals surface area (Å²) in [7, 11) is 1.55. The average molecular weight is 286 g/mol. The lowest BCUT2D eigenvalue weighted by atomic mass is 9.97. The molecule has 6 nitrogen and oxygen atoms in total. The van der Waals surface area contributed by atoms with Crippen molar-refractivity contribution < 1.29 is 9.53 Å². The zero-order valence-corrected chi connectivity index (χ0v) is 12.0. The fourth-order valence-corrected chi connectivity index (χ4v) is 2.72. The molecule has 0 aromatic carbocycles. The number of likely N-dealkylation sites (tertiary alicyclic amines) is 1. The number of pyridine rings is 1. The monoisotopic (exact) mass is 286 g/mol. The van der Waals surface area contributed by atoms with E-state index >= 15 is 0 Å². The molecule has 0 radical (unpaired) electrons. The molecule has 2 aromatic rings. The maximum absolute atomic E-state index is 12.6. The molecule has 21 heavy (non-hydrogen) atoms. The number of aromatic amines is 1. The first-order chi connectivity index (χ1) is 10.3. The number of aromatic nitrogens is 3. The first-order valence-corrected chi connectivity index (χ1v) is 7.06. The average Bonchev–Trinajstić information content (AvgIpc) is 3.09. The minimum Gasteiger partial charge on any atom is -0.481 e. The van der Waals surface area contributed by atoms with Gasteiger partial charge in [-0.3, -0.25) is 4.79 Å². The van der Waals surface area contributed by atoms with Crippen molar-refractivity contribution in [3.05, 3.63) is 42.1 Å². The highest BCUT2D eigenvalue weighted by Crippen LogP contribution is 2.25. The Hall–Kier alpha value is -2.37. The quantitative estimate of drug-likeness (QED) is 0.934. The minimum absolute atomic E-state index is 0.0203. The summed E-state index contributed by atoms with van der Waals surface area (Å²) in [6.07, 6.45) is 7.21. The van der Waals surface area contributed by atoms with Crippen LogP contribution in [0.2, 0.25) is 0 Å². The van der Waals surface area contributed by atoms with Gasteiger partial charge in [-0.1, -0.05) is 0 Å². The largest absolute Gasteiger partial charge is 0.481 e. The van der Waals surface area contributed by atoms with Gasteiger partial charge in [0.1, 0.15) is 5.82 Å². The van der Waals surface area contributed by atoms with Crippen molar-refractivity contribution >= 4 is 5.91 Å². The van der Waals surface area contributed by atoms with Crippen LogP contribution in [0.1, 0.15) is 34.9 Å². The lowest BCUT2D eigenvalue weighted by molar-refractivity contribution is 0.0704. The van der Waals surface area contributed by atoms with E-state index in [1.807, 2.05) is 11.1 Å². The number of imidazole rings is 1. The number of carbonyl (C=O) groups is 1. The minimum atomic E-state index is 0.0203. The number of carbonyl (C=O) groups excluding carboxylic acids is 1. The van der Waals surface area contributed by atoms with Crippen LogP contribution in [0.5, 0.6) is 5.88 Å². The molecule has 0 aliphatic carbocycles. The Morgan fingerprint density at radius 3 is 3.10 bits per heavy atom. The third-order valence-electron chi connectivity index (χ3n) is 3.81. The van der Waals surface area contributed by atoms with Crippen LogP contribution in [0.3, 0.4) is 0 Å². The molecule has 2 aromatic heterocycles. The third-order valence-corrected chi connectivity index (χ3v) is 3.81. The third kappa shape index (κ3) is 2.89. The molecule has 1 unspecified atom stereocenters. The number of nitrogens with zero attached hydrogens (tertiary/aromatic N) is 3. The van der Waals surface area contributed by atoms with Crippen LogP contribution < -0.4 is 4.74 Å². The molecule has 1 amide bonds. The Bertz CT molecular complexity index is 612. The summed E-state index contributed by atoms with van der Waals surface area (Å²) in [4.78, 5) is 26.0. The number of methoxy groups -OCH3 is 1. The molecule has 0 spiro atoms. The van der Waals surface area contributed by atoms with Gasteiger partial charge in [0.15, 0.2) is 0 Å². The number of amides is 1. The van der Waals surface area contributed by atoms with Gasteiger partial charge in [0.2, 0.25) is 5.88 Å². The van der Waals surface area contributed by atoms with Crippen LogP contribution in [0.25, 0.3) is 0 Å². The van der Waals surface area contributed by atoms with Crippen LogP contribution in [-0.2, 0) is 0 Å². The Morgan fingerprint density at radius 1 is 1.43 bits per heavy atom. The van der Waals surface area contributed by atoms with E-state index in [-0.39, 0.29) is 11.8 Å². The molecule has 110 valence electrons. The van der Waals surface area contributed by atoms with Crippen molar-refractivity contribution in [3.63, 3.8) is 0 Å². The number of nitrogens with one attached hydrogen (secondary N) is 1. The molecule has 3 rings (SSSR count). The molecular formula is C15H18N4O2. The van der Waals surface area contributed by atoms with E-state index in [0.717, 1.165) is 25.2 Å². The Kier molecular flexibility index (Phi) is 3.85. The van der Waals surface area contributed by atoms with Crippen LogP contribution in [0.4, 0.5) is 0 Å². The lowest BCUT2D eigenvalue weighted by Gasteiger charge is -2.32. The van der Waals surface area contributed by atoms with E-state index in [0.29, 0.717) is 18.0 Å². The van der Waals surface area contributed by atoms with Crippen molar-refractivity contribution in [1.82, 2.24) is 19.9 Å². The summed E-state index contributed by atoms with van der Waals surface area (Å²) < 4.78 is 5.08. The van der Waals surface area contributed by atoms with E-state index in [1.165, 1.54) is 0 Å². The van der Waals surface area contributed by atoms with Gasteiger partial charge in [0, 0.05) is 49.2 Å². The van der Waals surface area contributed by atoms with Gasteiger partial charge in [0.05, 0.1) is 7.11 Å². The molecule has 1 fully saturated rings. The van der Waals surface area contributed by atoms with Gasteiger partial charge in [0.25, 0.3) is 5.91 Å². The summed E-state index contributed by atoms with van der Waals surface area (Å²) >= 11 is 0. The molecule has 0 bridgehead atoms. The number of H-pyrrole nitrogens is 1. The Morgan fingerprint density at radius 2 is 2.33 bits per heavy atom. The fraction of sp³-hybridized carbons (Fsp3) is 0.400. The zero-order chi connectivity index (χ0) is 14.7. The number of hydrogen-bond acceptors (Lipinski definition) is 4. The van der Waals surface area contributed by atoms with Gasteiger partial charge in [-0.15, -0.1) is 0 Å². The summed E-state index contributed by atoms with van der Waals surface area (Å²) in [5.74, 6) is 1.72. The van der Waals surface area contributed by atoms with Crippen molar-refractivity contribution in [2.75, 3.05) is 20.2 Å². The molecule has 1 aliphatic heterocycles. The molecule has 6 heteroatoms. The first kappa shape index (κ1) is 13.6. The molecular weight excluding hydrogens is 268 g/mol. The van der Waals surface area contributed by atoms with E-state index < -0.39 is 0 Å². The van der Waals surface area contributed by atoms with Crippen LogP contribution >= 0.6 is 0 Å². The predicted octanol–water partition coefficient (Wildman–Crippen LogP) is 1.83. The summed E-state index contributed by atoms with van der Waals surface area (Å²) in [5, 5.41) is 0. The highest BCUT2D eigenvalue weighted by molar-refractivity contribution is 5.94. The van der Waals surface area contributed by atoms with Gasteiger partial charge in [-0.05, 0) is 18.9 Å². The van der Waals surface area contributed by atoms with Crippen molar-refractivity contribution in [2.45, 2.75) is 18.8 Å². The zero-order valence-electron chi connectivity index (χ0n) is 12.0. The van der Waals surface area contributed by atoms with Gasteiger partial charge < -0.3 is 14.6 Å². The first-order valence-electron chi connectivity index (χ1n) is 7.06. The smallest absolute Gasteiger partial charge is 0.254 e. The van der Waals surface area contributed by atoms with Crippen molar-refractivity contribution in [3.8, 4) is 5.88 Å². The topological polar surface area (TPSA) is 71.1 Å². The summed E-state index contributed by atoms with van der Waals surface area (Å²) in [5.41, 5.74) is 0.613. The second-order valence-electron chi connectivity index (χ2n) is 5.15. The van der Waals surface area contributed by atoms with Gasteiger partial charge in [-0.2, -0.15) is 0 Å². The second kappa shape index (κ2) is 5.95. The summed E-state index contributed by atoms with van der Waals surface area (Å²) in [6.45, 7) is 1.47. The SMILES string of the molecule is COc1cc(C(=O)N2CCCC(c3ncc[nH]3)C2)ccn1. The molecule has 3 heterocycles. The van der Waals surface area contributed by atoms with Crippen molar-refractivity contribution in [1.29, 1.82) is 0 Å². The number of hydrogen-bond donors (Lipinski definition) is 1. The molecule has 0 saturated carbocycles. The lowest BCUT2D eigenvalue weighted by Crippen LogP contribution is -2.39. The number of ether oxygens (including phenoxy) is 1. The van der Waals surface area contributed by atoms with Gasteiger partial charge >= 0.3 is 0 Å². The van der Waals surface area contributed by atoms with E-state index in [1.54, 1.807) is 31.6 Å². The molecule has 1 N–H and O–H groups in total. The normalized spacial score (nSPS) is 18.5. The predicted molar refractivity (Wildman–Crippen MR) is 77.3 cm³/mol. The second-order valence-corrected chi connectivity index (χ2v) is 5.15. The maximum atomic E-state index is 12.6. The number of rotatable bonds is 3. The number of piperidine rings is 1. The van der Waals surface area contributed by atoms with Crippen LogP contribution in [0, 0.1) is 0 Å². The van der Waals surface area contributed by atoms with Crippen LogP contribution in [-0.4, -0.2) is 46.0 Å². The van der Waals surface area contributed by atoms with E-state index in [9.17, 15) is 4.79 Å². The highest BCUT2D eigenvalue weighted by Gasteiger charge is 2.26. The highest BCUT2D eigenvalue weighted by atomic mass is 16.5. The Balaban J connectivity index is 1.74. The van der Waals surface area contributed by atoms with Crippen LogP contribution in [0.15, 0.2) is 30.7 Å².